The molecule has 0 aliphatic heterocycles. The normalized spacial score (nSPS) is 14.9. The lowest BCUT2D eigenvalue weighted by atomic mass is 10.2. The van der Waals surface area contributed by atoms with Crippen molar-refractivity contribution in [1.29, 1.82) is 0 Å². The molecule has 0 bridgehead atoms. The van der Waals surface area contributed by atoms with Gasteiger partial charge in [-0.3, -0.25) is 0 Å². The molecular formula is C17H19F2NO2S. The van der Waals surface area contributed by atoms with E-state index in [0.717, 1.165) is 10.2 Å². The zero-order chi connectivity index (χ0) is 17.6. The maximum absolute atomic E-state index is 13.2. The van der Waals surface area contributed by atoms with E-state index in [1.807, 2.05) is 0 Å². The molecule has 0 aromatic carbocycles. The highest BCUT2D eigenvalue weighted by atomic mass is 32.2. The van der Waals surface area contributed by atoms with Gasteiger partial charge in [0.2, 0.25) is 0 Å². The number of nitrogens with zero attached hydrogens (tertiary/aromatic N) is 1. The van der Waals surface area contributed by atoms with Crippen molar-refractivity contribution in [1.82, 2.24) is 3.97 Å². The Kier molecular flexibility index (Phi) is 6.45. The van der Waals surface area contributed by atoms with Crippen LogP contribution in [0.5, 0.6) is 0 Å². The molecule has 3 nitrogen and oxygen atoms in total. The number of aromatic nitrogens is 1. The van der Waals surface area contributed by atoms with Crippen LogP contribution in [-0.4, -0.2) is 12.4 Å². The summed E-state index contributed by atoms with van der Waals surface area (Å²) in [5.74, 6) is 0. The van der Waals surface area contributed by atoms with Crippen molar-refractivity contribution in [2.24, 2.45) is 0 Å². The predicted molar refractivity (Wildman–Crippen MR) is 90.9 cm³/mol. The first-order valence-corrected chi connectivity index (χ1v) is 8.28. The Morgan fingerprint density at radius 2 is 1.91 bits per heavy atom. The van der Waals surface area contributed by atoms with Crippen LogP contribution in [0.1, 0.15) is 25.8 Å². The average molecular weight is 339 g/mol. The van der Waals surface area contributed by atoms with Crippen molar-refractivity contribution in [3.8, 4) is 0 Å². The zero-order valence-corrected chi connectivity index (χ0v) is 13.9. The minimum Gasteiger partial charge on any atom is -0.241 e. The Balaban J connectivity index is 3.86. The summed E-state index contributed by atoms with van der Waals surface area (Å²) in [5, 5.41) is 0.316. The highest BCUT2D eigenvalue weighted by Crippen LogP contribution is 2.17. The molecule has 0 aliphatic carbocycles. The molecule has 1 rings (SSSR count). The van der Waals surface area contributed by atoms with Crippen LogP contribution in [-0.2, 0) is 10.0 Å². The SMILES string of the molecule is C=C/C=C\C(=C/C)S(=O)(=O)n1cc(C(F)F)c(=C/C)/c1=C\C=C. The summed E-state index contributed by atoms with van der Waals surface area (Å²) in [6.07, 6.45) is 8.03. The summed E-state index contributed by atoms with van der Waals surface area (Å²) in [5.41, 5.74) is -0.340. The topological polar surface area (TPSA) is 39.1 Å². The maximum Gasteiger partial charge on any atom is 0.267 e. The van der Waals surface area contributed by atoms with Crippen LogP contribution in [0.15, 0.2) is 54.6 Å². The summed E-state index contributed by atoms with van der Waals surface area (Å²) >= 11 is 0. The molecule has 1 heterocycles. The van der Waals surface area contributed by atoms with Gasteiger partial charge in [-0.05, 0) is 26.0 Å². The van der Waals surface area contributed by atoms with E-state index in [1.165, 1.54) is 42.5 Å². The third-order valence-electron chi connectivity index (χ3n) is 3.12. The Hall–Kier alpha value is -2.21. The van der Waals surface area contributed by atoms with Crippen LogP contribution in [0, 0.1) is 0 Å². The molecule has 0 N–H and O–H groups in total. The van der Waals surface area contributed by atoms with E-state index < -0.39 is 16.4 Å². The first-order chi connectivity index (χ1) is 10.8. The fraction of sp³-hybridized carbons (Fsp3) is 0.176. The van der Waals surface area contributed by atoms with E-state index in [1.54, 1.807) is 13.8 Å². The number of halogens is 2. The van der Waals surface area contributed by atoms with E-state index in [-0.39, 0.29) is 21.0 Å². The highest BCUT2D eigenvalue weighted by molar-refractivity contribution is 7.94. The average Bonchev–Trinajstić information content (AvgIpc) is 2.87. The van der Waals surface area contributed by atoms with Crippen molar-refractivity contribution < 1.29 is 17.2 Å². The van der Waals surface area contributed by atoms with Gasteiger partial charge in [0.25, 0.3) is 16.4 Å². The van der Waals surface area contributed by atoms with Crippen LogP contribution >= 0.6 is 0 Å². The minimum absolute atomic E-state index is 0.0189. The molecular weight excluding hydrogens is 320 g/mol. The number of hydrogen-bond donors (Lipinski definition) is 0. The second kappa shape index (κ2) is 7.87. The second-order valence-electron chi connectivity index (χ2n) is 4.46. The molecule has 0 aliphatic rings. The lowest BCUT2D eigenvalue weighted by Gasteiger charge is -2.07. The largest absolute Gasteiger partial charge is 0.267 e. The molecule has 0 saturated heterocycles. The van der Waals surface area contributed by atoms with Gasteiger partial charge in [-0.2, -0.15) is 0 Å². The number of hydrogen-bond acceptors (Lipinski definition) is 2. The Labute approximate surface area is 135 Å². The smallest absolute Gasteiger partial charge is 0.241 e. The highest BCUT2D eigenvalue weighted by Gasteiger charge is 2.22. The van der Waals surface area contributed by atoms with Crippen molar-refractivity contribution in [2.45, 2.75) is 20.3 Å². The van der Waals surface area contributed by atoms with Crippen molar-refractivity contribution >= 4 is 22.2 Å². The molecule has 0 unspecified atom stereocenters. The third kappa shape index (κ3) is 3.76. The van der Waals surface area contributed by atoms with Crippen LogP contribution < -0.4 is 10.6 Å². The quantitative estimate of drug-likeness (QED) is 0.748. The van der Waals surface area contributed by atoms with Crippen molar-refractivity contribution in [2.75, 3.05) is 0 Å². The van der Waals surface area contributed by atoms with Gasteiger partial charge in [0.05, 0.1) is 10.3 Å². The molecule has 0 amide bonds. The van der Waals surface area contributed by atoms with Gasteiger partial charge in [0, 0.05) is 17.0 Å². The van der Waals surface area contributed by atoms with Gasteiger partial charge in [-0.15, -0.1) is 0 Å². The fourth-order valence-corrected chi connectivity index (χ4v) is 3.55. The van der Waals surface area contributed by atoms with Gasteiger partial charge >= 0.3 is 0 Å². The summed E-state index contributed by atoms with van der Waals surface area (Å²) in [6.45, 7) is 10.1. The monoisotopic (exact) mass is 339 g/mol. The summed E-state index contributed by atoms with van der Waals surface area (Å²) in [6, 6.07) is 0. The molecule has 0 fully saturated rings. The van der Waals surface area contributed by atoms with Crippen LogP contribution in [0.3, 0.4) is 0 Å². The molecule has 0 atom stereocenters. The van der Waals surface area contributed by atoms with Crippen LogP contribution in [0.25, 0.3) is 12.2 Å². The standard InChI is InChI=1S/C17H19F2NO2S/c1-5-9-11-13(7-3)23(21,22)20-12-15(17(18)19)14(8-4)16(20)10-6-2/h5-12,17H,1-2H2,3-4H3/b11-9-,13-7+,14-8-,16-10+. The number of rotatable bonds is 6. The van der Waals surface area contributed by atoms with Gasteiger partial charge in [-0.1, -0.05) is 43.5 Å². The van der Waals surface area contributed by atoms with E-state index in [4.69, 9.17) is 0 Å². The summed E-state index contributed by atoms with van der Waals surface area (Å²) in [7, 11) is -4.01. The van der Waals surface area contributed by atoms with E-state index in [2.05, 4.69) is 13.2 Å². The van der Waals surface area contributed by atoms with Gasteiger partial charge in [-0.25, -0.2) is 21.2 Å². The molecule has 0 saturated carbocycles. The first kappa shape index (κ1) is 18.8. The Morgan fingerprint density at radius 3 is 2.35 bits per heavy atom. The molecule has 6 heteroatoms. The molecule has 124 valence electrons. The fourth-order valence-electron chi connectivity index (χ4n) is 2.10. The molecule has 23 heavy (non-hydrogen) atoms. The van der Waals surface area contributed by atoms with Crippen molar-refractivity contribution in [3.63, 3.8) is 0 Å². The predicted octanol–water partition coefficient (Wildman–Crippen LogP) is 3.02. The number of allylic oxidation sites excluding steroid dienone is 5. The van der Waals surface area contributed by atoms with Crippen molar-refractivity contribution in [3.05, 3.63) is 70.8 Å². The second-order valence-corrected chi connectivity index (χ2v) is 6.28. The van der Waals surface area contributed by atoms with E-state index >= 15 is 0 Å². The van der Waals surface area contributed by atoms with Gasteiger partial charge in [0.1, 0.15) is 0 Å². The molecule has 1 aromatic rings. The summed E-state index contributed by atoms with van der Waals surface area (Å²) in [4.78, 5) is -0.0189. The number of alkyl halides is 2. The van der Waals surface area contributed by atoms with Gasteiger partial charge < -0.3 is 0 Å². The van der Waals surface area contributed by atoms with Crippen LogP contribution in [0.2, 0.25) is 0 Å². The summed E-state index contributed by atoms with van der Waals surface area (Å²) < 4.78 is 52.8. The third-order valence-corrected chi connectivity index (χ3v) is 4.91. The molecule has 0 spiro atoms. The van der Waals surface area contributed by atoms with Gasteiger partial charge in [0.15, 0.2) is 0 Å². The maximum atomic E-state index is 13.2. The van der Waals surface area contributed by atoms with E-state index in [0.29, 0.717) is 0 Å². The Bertz CT molecular complexity index is 872. The van der Waals surface area contributed by atoms with Crippen LogP contribution in [0.4, 0.5) is 8.78 Å². The zero-order valence-electron chi connectivity index (χ0n) is 13.0. The lowest BCUT2D eigenvalue weighted by Crippen LogP contribution is -2.34. The molecule has 1 aromatic heterocycles. The molecule has 0 radical (unpaired) electrons. The Morgan fingerprint density at radius 1 is 1.26 bits per heavy atom. The lowest BCUT2D eigenvalue weighted by molar-refractivity contribution is 0.150. The minimum atomic E-state index is -4.01. The first-order valence-electron chi connectivity index (χ1n) is 6.84. The van der Waals surface area contributed by atoms with E-state index in [9.17, 15) is 17.2 Å².